The molecule has 0 bridgehead atoms. The molecule has 0 spiro atoms. The second kappa shape index (κ2) is 6.10. The Balaban J connectivity index is 2.18. The number of hydrogen-bond donors (Lipinski definition) is 0. The number of rotatable bonds is 4. The van der Waals surface area contributed by atoms with Crippen molar-refractivity contribution in [2.45, 2.75) is 46.2 Å². The Bertz CT molecular complexity index is 465. The summed E-state index contributed by atoms with van der Waals surface area (Å²) in [5, 5.41) is 4.31. The zero-order valence-corrected chi connectivity index (χ0v) is 14.1. The molecular weight excluding hydrogens is 266 g/mol. The highest BCUT2D eigenvalue weighted by molar-refractivity contribution is 6.69. The molecule has 20 heavy (non-hydrogen) atoms. The Kier molecular flexibility index (Phi) is 4.65. The predicted octanol–water partition coefficient (Wildman–Crippen LogP) is 4.26. The average Bonchev–Trinajstić information content (AvgIpc) is 2.38. The van der Waals surface area contributed by atoms with Crippen LogP contribution in [0.4, 0.5) is 0 Å². The molecule has 0 aromatic heterocycles. The van der Waals surface area contributed by atoms with E-state index in [4.69, 9.17) is 9.26 Å². The molecule has 2 atom stereocenters. The summed E-state index contributed by atoms with van der Waals surface area (Å²) in [5.41, 5.74) is 2.17. The fourth-order valence-electron chi connectivity index (χ4n) is 2.36. The molecule has 0 saturated carbocycles. The molecular formula is C16H25NO2Si. The minimum atomic E-state index is -1.63. The highest BCUT2D eigenvalue weighted by Crippen LogP contribution is 2.30. The molecule has 0 radical (unpaired) electrons. The van der Waals surface area contributed by atoms with Gasteiger partial charge in [-0.25, -0.2) is 0 Å². The van der Waals surface area contributed by atoms with Crippen LogP contribution < -0.4 is 0 Å². The van der Waals surface area contributed by atoms with Gasteiger partial charge in [-0.15, -0.1) is 0 Å². The van der Waals surface area contributed by atoms with Crippen LogP contribution in [0, 0.1) is 11.8 Å². The largest absolute Gasteiger partial charge is 0.382 e. The van der Waals surface area contributed by atoms with Gasteiger partial charge in [-0.05, 0) is 31.1 Å². The van der Waals surface area contributed by atoms with Gasteiger partial charge >= 0.3 is 0 Å². The molecule has 2 rings (SSSR count). The van der Waals surface area contributed by atoms with Gasteiger partial charge in [-0.2, -0.15) is 0 Å². The maximum absolute atomic E-state index is 6.15. The fourth-order valence-corrected chi connectivity index (χ4v) is 3.27. The second-order valence-corrected chi connectivity index (χ2v) is 11.2. The molecule has 1 aliphatic rings. The van der Waals surface area contributed by atoms with Gasteiger partial charge in [-0.1, -0.05) is 49.3 Å². The summed E-state index contributed by atoms with van der Waals surface area (Å²) >= 11 is 0. The van der Waals surface area contributed by atoms with Crippen LogP contribution in [-0.4, -0.2) is 20.3 Å². The topological polar surface area (TPSA) is 30.8 Å². The Morgan fingerprint density at radius 2 is 1.85 bits per heavy atom. The maximum Gasteiger partial charge on any atom is 0.221 e. The van der Waals surface area contributed by atoms with Crippen molar-refractivity contribution >= 4 is 14.0 Å². The minimum Gasteiger partial charge on any atom is -0.382 e. The molecule has 1 aliphatic heterocycles. The number of oxime groups is 1. The van der Waals surface area contributed by atoms with E-state index in [-0.39, 0.29) is 6.29 Å². The van der Waals surface area contributed by atoms with Crippen LogP contribution >= 0.6 is 0 Å². The first-order chi connectivity index (χ1) is 9.37. The van der Waals surface area contributed by atoms with Crippen LogP contribution in [0.5, 0.6) is 0 Å². The molecule has 1 aromatic rings. The summed E-state index contributed by atoms with van der Waals surface area (Å²) in [6.45, 7) is 11.0. The van der Waals surface area contributed by atoms with Crippen LogP contribution in [0.2, 0.25) is 19.6 Å². The van der Waals surface area contributed by atoms with Crippen LogP contribution in [-0.2, 0) is 9.26 Å². The molecule has 0 N–H and O–H groups in total. The van der Waals surface area contributed by atoms with Crippen LogP contribution in [0.1, 0.15) is 25.8 Å². The zero-order chi connectivity index (χ0) is 14.8. The van der Waals surface area contributed by atoms with Gasteiger partial charge in [0.2, 0.25) is 6.29 Å². The van der Waals surface area contributed by atoms with E-state index in [1.54, 1.807) is 0 Å². The van der Waals surface area contributed by atoms with E-state index < -0.39 is 8.32 Å². The van der Waals surface area contributed by atoms with E-state index >= 15 is 0 Å². The summed E-state index contributed by atoms with van der Waals surface area (Å²) < 4.78 is 6.15. The minimum absolute atomic E-state index is 0.200. The monoisotopic (exact) mass is 291 g/mol. The van der Waals surface area contributed by atoms with Crippen molar-refractivity contribution in [3.05, 3.63) is 35.9 Å². The molecule has 110 valence electrons. The smallest absolute Gasteiger partial charge is 0.221 e. The van der Waals surface area contributed by atoms with Gasteiger partial charge in [0.05, 0.1) is 5.71 Å². The average molecular weight is 291 g/mol. The third kappa shape index (κ3) is 3.93. The van der Waals surface area contributed by atoms with Gasteiger partial charge < -0.3 is 9.26 Å². The third-order valence-corrected chi connectivity index (χ3v) is 4.42. The van der Waals surface area contributed by atoms with Crippen LogP contribution in [0.15, 0.2) is 35.5 Å². The maximum atomic E-state index is 6.15. The standard InChI is InChI=1S/C16H25NO2Si/c1-12(2)14-11-15(13-9-7-6-8-10-13)17-18-16(14)19-20(3,4)5/h6-10,12,14,16H,11H2,1-5H3/t14-,16-/m0/s1. The lowest BCUT2D eigenvalue weighted by Crippen LogP contribution is -2.42. The molecule has 0 unspecified atom stereocenters. The molecule has 1 aromatic carbocycles. The molecule has 4 heteroatoms. The molecule has 0 amide bonds. The highest BCUT2D eigenvalue weighted by atomic mass is 28.4. The first-order valence-electron chi connectivity index (χ1n) is 7.33. The summed E-state index contributed by atoms with van der Waals surface area (Å²) in [5.74, 6) is 0.861. The summed E-state index contributed by atoms with van der Waals surface area (Å²) in [4.78, 5) is 5.70. The van der Waals surface area contributed by atoms with E-state index in [2.05, 4.69) is 50.8 Å². The Hall–Kier alpha value is -1.13. The first-order valence-corrected chi connectivity index (χ1v) is 10.7. The quantitative estimate of drug-likeness (QED) is 0.776. The number of nitrogens with zero attached hydrogens (tertiary/aromatic N) is 1. The highest BCUT2D eigenvalue weighted by Gasteiger charge is 2.35. The van der Waals surface area contributed by atoms with Crippen LogP contribution in [0.25, 0.3) is 0 Å². The number of hydrogen-bond acceptors (Lipinski definition) is 3. The summed E-state index contributed by atoms with van der Waals surface area (Å²) in [6, 6.07) is 10.3. The normalized spacial score (nSPS) is 23.4. The van der Waals surface area contributed by atoms with Gasteiger partial charge in [0.15, 0.2) is 8.32 Å². The predicted molar refractivity (Wildman–Crippen MR) is 85.2 cm³/mol. The third-order valence-electron chi connectivity index (χ3n) is 3.48. The van der Waals surface area contributed by atoms with Crippen molar-refractivity contribution in [2.75, 3.05) is 0 Å². The lowest BCUT2D eigenvalue weighted by Gasteiger charge is -2.35. The van der Waals surface area contributed by atoms with Gasteiger partial charge in [0.1, 0.15) is 0 Å². The van der Waals surface area contributed by atoms with Gasteiger partial charge in [0.25, 0.3) is 0 Å². The summed E-state index contributed by atoms with van der Waals surface area (Å²) in [7, 11) is -1.63. The van der Waals surface area contributed by atoms with Crippen molar-refractivity contribution in [2.24, 2.45) is 17.0 Å². The summed E-state index contributed by atoms with van der Waals surface area (Å²) in [6.07, 6.45) is 0.714. The van der Waals surface area contributed by atoms with E-state index in [0.29, 0.717) is 11.8 Å². The molecule has 0 fully saturated rings. The lowest BCUT2D eigenvalue weighted by molar-refractivity contribution is -0.137. The Morgan fingerprint density at radius 1 is 1.20 bits per heavy atom. The SMILES string of the molecule is CC(C)[C@@H]1CC(c2ccccc2)=NO[C@H]1O[Si](C)(C)C. The first kappa shape index (κ1) is 15.3. The van der Waals surface area contributed by atoms with Gasteiger partial charge in [0, 0.05) is 12.3 Å². The van der Waals surface area contributed by atoms with Crippen molar-refractivity contribution < 1.29 is 9.26 Å². The Morgan fingerprint density at radius 3 is 2.40 bits per heavy atom. The van der Waals surface area contributed by atoms with Crippen LogP contribution in [0.3, 0.4) is 0 Å². The molecule has 3 nitrogen and oxygen atoms in total. The van der Waals surface area contributed by atoms with Crippen molar-refractivity contribution in [1.29, 1.82) is 0 Å². The number of benzene rings is 1. The van der Waals surface area contributed by atoms with E-state index in [1.165, 1.54) is 0 Å². The second-order valence-electron chi connectivity index (χ2n) is 6.72. The van der Waals surface area contributed by atoms with Crippen molar-refractivity contribution in [3.63, 3.8) is 0 Å². The van der Waals surface area contributed by atoms with Gasteiger partial charge in [-0.3, -0.25) is 0 Å². The zero-order valence-electron chi connectivity index (χ0n) is 13.1. The van der Waals surface area contributed by atoms with E-state index in [0.717, 1.165) is 17.7 Å². The molecule has 1 heterocycles. The lowest BCUT2D eigenvalue weighted by atomic mass is 9.87. The molecule has 0 saturated heterocycles. The van der Waals surface area contributed by atoms with Crippen molar-refractivity contribution in [1.82, 2.24) is 0 Å². The molecule has 0 aliphatic carbocycles. The fraction of sp³-hybridized carbons (Fsp3) is 0.562. The Labute approximate surface area is 123 Å². The van der Waals surface area contributed by atoms with Crippen molar-refractivity contribution in [3.8, 4) is 0 Å². The van der Waals surface area contributed by atoms with E-state index in [1.807, 2.05) is 18.2 Å². The van der Waals surface area contributed by atoms with E-state index in [9.17, 15) is 0 Å².